The summed E-state index contributed by atoms with van der Waals surface area (Å²) in [4.78, 5) is 16.4. The van der Waals surface area contributed by atoms with Crippen molar-refractivity contribution < 1.29 is 4.79 Å². The smallest absolute Gasteiger partial charge is 0.253 e. The number of para-hydroxylation sites is 1. The van der Waals surface area contributed by atoms with Crippen LogP contribution in [0.15, 0.2) is 48.5 Å². The summed E-state index contributed by atoms with van der Waals surface area (Å²) in [5.41, 5.74) is 1.59. The highest BCUT2D eigenvalue weighted by Gasteiger charge is 2.24. The molecule has 1 aliphatic rings. The molecule has 2 aromatic rings. The Kier molecular flexibility index (Phi) is 4.55. The lowest BCUT2D eigenvalue weighted by Crippen LogP contribution is -2.49. The maximum absolute atomic E-state index is 12.4. The van der Waals surface area contributed by atoms with Crippen LogP contribution in [0.5, 0.6) is 0 Å². The van der Waals surface area contributed by atoms with Crippen LogP contribution < -0.4 is 4.90 Å². The van der Waals surface area contributed by atoms with Crippen molar-refractivity contribution in [2.24, 2.45) is 0 Å². The molecule has 1 saturated heterocycles. The molecule has 0 aliphatic carbocycles. The SMILES string of the molecule is O=C(c1ccccc1)N1CCN(c2c(Cl)cccc2Cl)CC1. The van der Waals surface area contributed by atoms with Crippen LogP contribution >= 0.6 is 23.2 Å². The molecule has 114 valence electrons. The monoisotopic (exact) mass is 334 g/mol. The van der Waals surface area contributed by atoms with E-state index in [1.807, 2.05) is 53.4 Å². The van der Waals surface area contributed by atoms with Gasteiger partial charge in [-0.25, -0.2) is 0 Å². The third-order valence-corrected chi connectivity index (χ3v) is 4.45. The molecule has 0 N–H and O–H groups in total. The average Bonchev–Trinajstić information content (AvgIpc) is 2.55. The van der Waals surface area contributed by atoms with E-state index in [1.165, 1.54) is 0 Å². The van der Waals surface area contributed by atoms with Crippen LogP contribution in [0.2, 0.25) is 10.0 Å². The number of piperazine rings is 1. The standard InChI is InChI=1S/C17H16Cl2N2O/c18-14-7-4-8-15(19)16(14)20-9-11-21(12-10-20)17(22)13-5-2-1-3-6-13/h1-8H,9-12H2. The van der Waals surface area contributed by atoms with Crippen molar-refractivity contribution in [3.8, 4) is 0 Å². The van der Waals surface area contributed by atoms with Crippen molar-refractivity contribution in [1.82, 2.24) is 4.90 Å². The van der Waals surface area contributed by atoms with Crippen LogP contribution in [0.3, 0.4) is 0 Å². The zero-order valence-electron chi connectivity index (χ0n) is 12.0. The third-order valence-electron chi connectivity index (χ3n) is 3.84. The van der Waals surface area contributed by atoms with Gasteiger partial charge in [0.2, 0.25) is 0 Å². The fourth-order valence-corrected chi connectivity index (χ4v) is 3.32. The van der Waals surface area contributed by atoms with E-state index >= 15 is 0 Å². The van der Waals surface area contributed by atoms with E-state index in [2.05, 4.69) is 4.90 Å². The summed E-state index contributed by atoms with van der Waals surface area (Å²) >= 11 is 12.5. The van der Waals surface area contributed by atoms with Crippen LogP contribution in [0.4, 0.5) is 5.69 Å². The predicted octanol–water partition coefficient (Wildman–Crippen LogP) is 3.96. The number of rotatable bonds is 2. The van der Waals surface area contributed by atoms with Gasteiger partial charge in [0.15, 0.2) is 0 Å². The number of carbonyl (C=O) groups is 1. The van der Waals surface area contributed by atoms with Crippen LogP contribution in [0.25, 0.3) is 0 Å². The zero-order valence-corrected chi connectivity index (χ0v) is 13.5. The molecule has 1 fully saturated rings. The number of halogens is 2. The number of benzene rings is 2. The first-order chi connectivity index (χ1) is 10.7. The minimum atomic E-state index is 0.0745. The highest BCUT2D eigenvalue weighted by atomic mass is 35.5. The molecule has 0 bridgehead atoms. The fourth-order valence-electron chi connectivity index (χ4n) is 2.69. The summed E-state index contributed by atoms with van der Waals surface area (Å²) in [6.45, 7) is 2.77. The van der Waals surface area contributed by atoms with E-state index in [9.17, 15) is 4.79 Å². The highest BCUT2D eigenvalue weighted by Crippen LogP contribution is 2.34. The van der Waals surface area contributed by atoms with E-state index in [0.717, 1.165) is 24.3 Å². The fraction of sp³-hybridized carbons (Fsp3) is 0.235. The van der Waals surface area contributed by atoms with Crippen LogP contribution in [-0.2, 0) is 0 Å². The number of amides is 1. The van der Waals surface area contributed by atoms with Crippen LogP contribution in [-0.4, -0.2) is 37.0 Å². The molecule has 22 heavy (non-hydrogen) atoms. The second kappa shape index (κ2) is 6.59. The molecule has 5 heteroatoms. The second-order valence-electron chi connectivity index (χ2n) is 5.22. The van der Waals surface area contributed by atoms with Crippen molar-refractivity contribution >= 4 is 34.8 Å². The molecule has 1 amide bonds. The lowest BCUT2D eigenvalue weighted by Gasteiger charge is -2.36. The van der Waals surface area contributed by atoms with E-state index in [1.54, 1.807) is 0 Å². The quantitative estimate of drug-likeness (QED) is 0.829. The number of hydrogen-bond donors (Lipinski definition) is 0. The Morgan fingerprint density at radius 2 is 1.41 bits per heavy atom. The van der Waals surface area contributed by atoms with Gasteiger partial charge in [0, 0.05) is 31.7 Å². The van der Waals surface area contributed by atoms with Crippen molar-refractivity contribution in [3.63, 3.8) is 0 Å². The van der Waals surface area contributed by atoms with Gasteiger partial charge < -0.3 is 9.80 Å². The van der Waals surface area contributed by atoms with Gasteiger partial charge in [0.05, 0.1) is 15.7 Å². The number of nitrogens with zero attached hydrogens (tertiary/aromatic N) is 2. The van der Waals surface area contributed by atoms with E-state index in [-0.39, 0.29) is 5.91 Å². The number of anilines is 1. The normalized spacial score (nSPS) is 15.0. The van der Waals surface area contributed by atoms with Gasteiger partial charge in [0.25, 0.3) is 5.91 Å². The Morgan fingerprint density at radius 3 is 2.00 bits per heavy atom. The lowest BCUT2D eigenvalue weighted by atomic mass is 10.1. The highest BCUT2D eigenvalue weighted by molar-refractivity contribution is 6.39. The first-order valence-corrected chi connectivity index (χ1v) is 7.95. The Hall–Kier alpha value is -1.71. The minimum absolute atomic E-state index is 0.0745. The second-order valence-corrected chi connectivity index (χ2v) is 6.03. The largest absolute Gasteiger partial charge is 0.366 e. The summed E-state index contributed by atoms with van der Waals surface area (Å²) in [5, 5.41) is 1.30. The van der Waals surface area contributed by atoms with E-state index < -0.39 is 0 Å². The molecule has 1 heterocycles. The van der Waals surface area contributed by atoms with E-state index in [0.29, 0.717) is 23.1 Å². The Labute approximate surface area is 140 Å². The molecule has 3 rings (SSSR count). The van der Waals surface area contributed by atoms with Gasteiger partial charge in [-0.15, -0.1) is 0 Å². The van der Waals surface area contributed by atoms with Gasteiger partial charge in [0.1, 0.15) is 0 Å². The summed E-state index contributed by atoms with van der Waals surface area (Å²) in [5.74, 6) is 0.0745. The molecule has 0 unspecified atom stereocenters. The Balaban J connectivity index is 1.69. The number of carbonyl (C=O) groups excluding carboxylic acids is 1. The van der Waals surface area contributed by atoms with Crippen LogP contribution in [0.1, 0.15) is 10.4 Å². The molecular weight excluding hydrogens is 319 g/mol. The van der Waals surface area contributed by atoms with Crippen molar-refractivity contribution in [2.45, 2.75) is 0 Å². The molecule has 1 aliphatic heterocycles. The first kappa shape index (κ1) is 15.2. The summed E-state index contributed by atoms with van der Waals surface area (Å²) in [7, 11) is 0. The molecule has 3 nitrogen and oxygen atoms in total. The van der Waals surface area contributed by atoms with Crippen molar-refractivity contribution in [3.05, 3.63) is 64.1 Å². The lowest BCUT2D eigenvalue weighted by molar-refractivity contribution is 0.0747. The van der Waals surface area contributed by atoms with Gasteiger partial charge in [-0.05, 0) is 24.3 Å². The molecular formula is C17H16Cl2N2O. The van der Waals surface area contributed by atoms with Gasteiger partial charge >= 0.3 is 0 Å². The Bertz CT molecular complexity index is 647. The van der Waals surface area contributed by atoms with Crippen molar-refractivity contribution in [2.75, 3.05) is 31.1 Å². The topological polar surface area (TPSA) is 23.6 Å². The maximum atomic E-state index is 12.4. The predicted molar refractivity (Wildman–Crippen MR) is 91.0 cm³/mol. The molecule has 0 radical (unpaired) electrons. The van der Waals surface area contributed by atoms with Gasteiger partial charge in [-0.1, -0.05) is 47.5 Å². The Morgan fingerprint density at radius 1 is 0.818 bits per heavy atom. The zero-order chi connectivity index (χ0) is 15.5. The summed E-state index contributed by atoms with van der Waals surface area (Å²) in [6.07, 6.45) is 0. The van der Waals surface area contributed by atoms with Crippen molar-refractivity contribution in [1.29, 1.82) is 0 Å². The molecule has 0 aromatic heterocycles. The maximum Gasteiger partial charge on any atom is 0.253 e. The molecule has 0 atom stereocenters. The summed E-state index contributed by atoms with van der Waals surface area (Å²) in [6, 6.07) is 14.9. The first-order valence-electron chi connectivity index (χ1n) is 7.20. The van der Waals surface area contributed by atoms with Gasteiger partial charge in [-0.3, -0.25) is 4.79 Å². The van der Waals surface area contributed by atoms with Crippen LogP contribution in [0, 0.1) is 0 Å². The molecule has 2 aromatic carbocycles. The van der Waals surface area contributed by atoms with Gasteiger partial charge in [-0.2, -0.15) is 0 Å². The minimum Gasteiger partial charge on any atom is -0.366 e. The summed E-state index contributed by atoms with van der Waals surface area (Å²) < 4.78 is 0. The average molecular weight is 335 g/mol. The third kappa shape index (κ3) is 3.06. The molecule has 0 saturated carbocycles. The van der Waals surface area contributed by atoms with E-state index in [4.69, 9.17) is 23.2 Å². The molecule has 0 spiro atoms. The number of hydrogen-bond acceptors (Lipinski definition) is 2.